The van der Waals surface area contributed by atoms with Crippen LogP contribution in [0.2, 0.25) is 0 Å². The number of halogens is 1. The highest BCUT2D eigenvalue weighted by Gasteiger charge is 2.22. The maximum Gasteiger partial charge on any atom is 0.309 e. The summed E-state index contributed by atoms with van der Waals surface area (Å²) in [5, 5.41) is 11.4. The van der Waals surface area contributed by atoms with Crippen LogP contribution >= 0.6 is 11.3 Å². The van der Waals surface area contributed by atoms with Crippen molar-refractivity contribution in [1.82, 2.24) is 29.0 Å². The number of nitrogens with zero attached hydrogens (tertiary/aromatic N) is 7. The second-order valence-electron chi connectivity index (χ2n) is 8.45. The molecule has 1 saturated heterocycles. The van der Waals surface area contributed by atoms with Gasteiger partial charge in [0.2, 0.25) is 11.8 Å². The van der Waals surface area contributed by atoms with Gasteiger partial charge in [0.1, 0.15) is 16.8 Å². The number of piperazine rings is 1. The number of fused-ring (bicyclic) bond motifs is 3. The zero-order valence-corrected chi connectivity index (χ0v) is 21.3. The number of carbonyl (C=O) groups is 1. The molecule has 0 spiro atoms. The Morgan fingerprint density at radius 2 is 1.92 bits per heavy atom. The molecule has 6 rings (SSSR count). The quantitative estimate of drug-likeness (QED) is 0.305. The van der Waals surface area contributed by atoms with E-state index in [0.29, 0.717) is 84.4 Å². The average Bonchev–Trinajstić information content (AvgIpc) is 3.68. The SMILES string of the molecule is CO.Nc1nc2c(sc(=O)n2CCN2CCN(c3ccc(C=O)cc3F)CC2)c2nc(-c3ccco3)nn12. The van der Waals surface area contributed by atoms with E-state index in [1.165, 1.54) is 16.8 Å². The van der Waals surface area contributed by atoms with Gasteiger partial charge in [-0.3, -0.25) is 19.1 Å². The van der Waals surface area contributed by atoms with E-state index in [2.05, 4.69) is 20.0 Å². The molecule has 198 valence electrons. The number of nitrogens with two attached hydrogens (primary N) is 1. The highest BCUT2D eigenvalue weighted by molar-refractivity contribution is 7.17. The van der Waals surface area contributed by atoms with E-state index in [4.69, 9.17) is 15.3 Å². The zero-order chi connectivity index (χ0) is 26.8. The molecule has 0 saturated carbocycles. The molecule has 5 heterocycles. The molecule has 0 aliphatic carbocycles. The topological polar surface area (TPSA) is 148 Å². The summed E-state index contributed by atoms with van der Waals surface area (Å²) >= 11 is 1.06. The lowest BCUT2D eigenvalue weighted by Gasteiger charge is -2.36. The molecule has 3 N–H and O–H groups in total. The van der Waals surface area contributed by atoms with Gasteiger partial charge in [0, 0.05) is 51.9 Å². The van der Waals surface area contributed by atoms with E-state index >= 15 is 0 Å². The molecule has 0 unspecified atom stereocenters. The van der Waals surface area contributed by atoms with E-state index in [0.717, 1.165) is 18.4 Å². The molecule has 0 radical (unpaired) electrons. The van der Waals surface area contributed by atoms with Gasteiger partial charge in [-0.05, 0) is 30.3 Å². The van der Waals surface area contributed by atoms with Crippen molar-refractivity contribution in [2.75, 3.05) is 50.5 Å². The molecular weight excluding hydrogens is 515 g/mol. The number of furan rings is 1. The molecule has 12 nitrogen and oxygen atoms in total. The van der Waals surface area contributed by atoms with Crippen LogP contribution in [0.1, 0.15) is 10.4 Å². The summed E-state index contributed by atoms with van der Waals surface area (Å²) in [5.74, 6) is 0.592. The number of aldehydes is 1. The number of aliphatic hydroxyl groups excluding tert-OH is 1. The Bertz CT molecular complexity index is 1640. The fourth-order valence-electron chi connectivity index (χ4n) is 4.44. The predicted molar refractivity (Wildman–Crippen MR) is 141 cm³/mol. The van der Waals surface area contributed by atoms with Gasteiger partial charge in [0.15, 0.2) is 17.1 Å². The smallest absolute Gasteiger partial charge is 0.309 e. The molecule has 1 aliphatic rings. The van der Waals surface area contributed by atoms with Crippen LogP contribution in [0, 0.1) is 5.82 Å². The first-order valence-corrected chi connectivity index (χ1v) is 12.6. The Labute approximate surface area is 219 Å². The fourth-order valence-corrected chi connectivity index (χ4v) is 5.38. The Hall–Kier alpha value is -4.14. The van der Waals surface area contributed by atoms with Crippen LogP contribution in [-0.4, -0.2) is 80.3 Å². The molecule has 1 fully saturated rings. The highest BCUT2D eigenvalue weighted by atomic mass is 32.1. The van der Waals surface area contributed by atoms with Crippen molar-refractivity contribution in [3.05, 3.63) is 57.6 Å². The Morgan fingerprint density at radius 1 is 1.13 bits per heavy atom. The minimum Gasteiger partial charge on any atom is -0.461 e. The average molecular weight is 541 g/mol. The van der Waals surface area contributed by atoms with Crippen molar-refractivity contribution in [3.8, 4) is 11.6 Å². The summed E-state index contributed by atoms with van der Waals surface area (Å²) in [6, 6.07) is 8.01. The van der Waals surface area contributed by atoms with E-state index in [-0.39, 0.29) is 10.8 Å². The van der Waals surface area contributed by atoms with Crippen molar-refractivity contribution in [2.45, 2.75) is 6.54 Å². The van der Waals surface area contributed by atoms with Crippen LogP contribution in [0.4, 0.5) is 16.0 Å². The summed E-state index contributed by atoms with van der Waals surface area (Å²) in [6.07, 6.45) is 2.17. The van der Waals surface area contributed by atoms with Gasteiger partial charge in [-0.15, -0.1) is 5.10 Å². The third-order valence-electron chi connectivity index (χ3n) is 6.32. The second kappa shape index (κ2) is 10.7. The second-order valence-corrected chi connectivity index (χ2v) is 9.41. The number of nitrogen functional groups attached to an aromatic ring is 1. The Balaban J connectivity index is 0.00000144. The van der Waals surface area contributed by atoms with Crippen molar-refractivity contribution in [1.29, 1.82) is 0 Å². The highest BCUT2D eigenvalue weighted by Crippen LogP contribution is 2.26. The fraction of sp³-hybridized carbons (Fsp3) is 0.292. The molecule has 38 heavy (non-hydrogen) atoms. The number of aliphatic hydroxyl groups is 1. The maximum atomic E-state index is 14.4. The van der Waals surface area contributed by atoms with Gasteiger partial charge in [-0.2, -0.15) is 9.50 Å². The molecule has 4 aromatic heterocycles. The number of rotatable bonds is 6. The van der Waals surface area contributed by atoms with Crippen molar-refractivity contribution >= 4 is 45.3 Å². The molecule has 0 amide bonds. The lowest BCUT2D eigenvalue weighted by atomic mass is 10.2. The third kappa shape index (κ3) is 4.64. The summed E-state index contributed by atoms with van der Waals surface area (Å²) in [6.45, 7) is 3.76. The van der Waals surface area contributed by atoms with Gasteiger partial charge < -0.3 is 20.2 Å². The van der Waals surface area contributed by atoms with Crippen LogP contribution in [0.3, 0.4) is 0 Å². The number of carbonyl (C=O) groups excluding carboxylic acids is 1. The third-order valence-corrected chi connectivity index (χ3v) is 7.28. The van der Waals surface area contributed by atoms with Crippen LogP contribution in [0.15, 0.2) is 45.8 Å². The minimum absolute atomic E-state index is 0.130. The Morgan fingerprint density at radius 3 is 2.61 bits per heavy atom. The minimum atomic E-state index is -0.400. The largest absolute Gasteiger partial charge is 0.461 e. The van der Waals surface area contributed by atoms with Gasteiger partial charge in [0.05, 0.1) is 12.0 Å². The van der Waals surface area contributed by atoms with Crippen LogP contribution < -0.4 is 15.5 Å². The first-order chi connectivity index (χ1) is 18.5. The van der Waals surface area contributed by atoms with Crippen molar-refractivity contribution in [2.24, 2.45) is 0 Å². The molecule has 14 heteroatoms. The van der Waals surface area contributed by atoms with E-state index in [9.17, 15) is 14.0 Å². The van der Waals surface area contributed by atoms with Gasteiger partial charge in [0.25, 0.3) is 0 Å². The standard InChI is InChI=1S/C23H21FN8O3S.CH4O/c24-15-12-14(13-33)3-4-16(15)30-8-5-29(6-9-30)7-10-31-20-18(36-23(31)34)21-26-19(17-2-1-11-35-17)28-32(21)22(25)27-20;1-2/h1-4,11-13H,5-10H2,(H2,25,27);2H,1H3. The lowest BCUT2D eigenvalue weighted by Crippen LogP contribution is -2.47. The molecule has 1 aliphatic heterocycles. The number of benzene rings is 1. The maximum absolute atomic E-state index is 14.4. The van der Waals surface area contributed by atoms with Crippen LogP contribution in [0.25, 0.3) is 27.6 Å². The predicted octanol–water partition coefficient (Wildman–Crippen LogP) is 1.73. The van der Waals surface area contributed by atoms with Crippen LogP contribution in [-0.2, 0) is 6.54 Å². The van der Waals surface area contributed by atoms with E-state index in [1.54, 1.807) is 28.8 Å². The van der Waals surface area contributed by atoms with E-state index < -0.39 is 5.82 Å². The summed E-state index contributed by atoms with van der Waals surface area (Å²) < 4.78 is 23.4. The van der Waals surface area contributed by atoms with Gasteiger partial charge in [-0.25, -0.2) is 9.37 Å². The summed E-state index contributed by atoms with van der Waals surface area (Å²) in [7, 11) is 1.00. The lowest BCUT2D eigenvalue weighted by molar-refractivity contribution is 0.112. The van der Waals surface area contributed by atoms with Gasteiger partial charge >= 0.3 is 4.87 Å². The Kier molecular flexibility index (Phi) is 7.18. The normalized spacial score (nSPS) is 14.1. The summed E-state index contributed by atoms with van der Waals surface area (Å²) in [5.41, 5.74) is 7.89. The first kappa shape index (κ1) is 25.5. The first-order valence-electron chi connectivity index (χ1n) is 11.8. The number of aromatic nitrogens is 5. The van der Waals surface area contributed by atoms with Crippen molar-refractivity contribution < 1.29 is 18.7 Å². The zero-order valence-electron chi connectivity index (χ0n) is 20.5. The van der Waals surface area contributed by atoms with Crippen LogP contribution in [0.5, 0.6) is 0 Å². The number of anilines is 2. The molecule has 0 atom stereocenters. The number of hydrogen-bond donors (Lipinski definition) is 2. The molecular formula is C24H25FN8O4S. The molecule has 1 aromatic carbocycles. The summed E-state index contributed by atoms with van der Waals surface area (Å²) in [4.78, 5) is 36.7. The van der Waals surface area contributed by atoms with E-state index in [1.807, 2.05) is 4.90 Å². The monoisotopic (exact) mass is 540 g/mol. The molecule has 0 bridgehead atoms. The number of thiazole rings is 1. The van der Waals surface area contributed by atoms with Gasteiger partial charge in [-0.1, -0.05) is 11.3 Å². The number of hydrogen-bond acceptors (Lipinski definition) is 11. The van der Waals surface area contributed by atoms with Crippen molar-refractivity contribution in [3.63, 3.8) is 0 Å². The molecule has 5 aromatic rings.